The molecule has 0 aliphatic carbocycles. The highest BCUT2D eigenvalue weighted by atomic mass is 127. The summed E-state index contributed by atoms with van der Waals surface area (Å²) in [5, 5.41) is 0. The molecule has 0 aromatic carbocycles. The maximum absolute atomic E-state index is 11.6. The summed E-state index contributed by atoms with van der Waals surface area (Å²) in [5.74, 6) is 0.635. The zero-order valence-electron chi connectivity index (χ0n) is 8.89. The number of hydrogen-bond acceptors (Lipinski definition) is 5. The molecule has 1 unspecified atom stereocenters. The van der Waals surface area contributed by atoms with E-state index in [1.54, 1.807) is 6.20 Å². The van der Waals surface area contributed by atoms with Gasteiger partial charge in [0, 0.05) is 12.7 Å². The van der Waals surface area contributed by atoms with Gasteiger partial charge < -0.3 is 9.64 Å². The van der Waals surface area contributed by atoms with E-state index < -0.39 is 0 Å². The molecule has 0 amide bonds. The smallest absolute Gasteiger partial charge is 0.328 e. The molecule has 6 heteroatoms. The fourth-order valence-electron chi connectivity index (χ4n) is 1.92. The van der Waals surface area contributed by atoms with Gasteiger partial charge in [-0.3, -0.25) is 0 Å². The third-order valence-corrected chi connectivity index (χ3v) is 3.41. The van der Waals surface area contributed by atoms with Crippen LogP contribution in [-0.2, 0) is 9.53 Å². The van der Waals surface area contributed by atoms with E-state index in [4.69, 9.17) is 4.74 Å². The third kappa shape index (κ3) is 2.11. The van der Waals surface area contributed by atoms with Crippen LogP contribution >= 0.6 is 22.6 Å². The first kappa shape index (κ1) is 11.6. The van der Waals surface area contributed by atoms with Gasteiger partial charge in [0.25, 0.3) is 0 Å². The molecular formula is C10H12IN3O2. The SMILES string of the molecule is COC(=O)C1CCCN1c1ncncc1I. The topological polar surface area (TPSA) is 55.3 Å². The fourth-order valence-corrected chi connectivity index (χ4v) is 2.53. The van der Waals surface area contributed by atoms with Crippen LogP contribution in [-0.4, -0.2) is 35.6 Å². The largest absolute Gasteiger partial charge is 0.467 e. The van der Waals surface area contributed by atoms with Crippen molar-refractivity contribution < 1.29 is 9.53 Å². The average molecular weight is 333 g/mol. The van der Waals surface area contributed by atoms with Gasteiger partial charge in [-0.2, -0.15) is 0 Å². The van der Waals surface area contributed by atoms with Gasteiger partial charge in [0.05, 0.1) is 10.7 Å². The molecule has 1 atom stereocenters. The third-order valence-electron chi connectivity index (χ3n) is 2.65. The van der Waals surface area contributed by atoms with Crippen molar-refractivity contribution in [1.82, 2.24) is 9.97 Å². The zero-order chi connectivity index (χ0) is 11.5. The van der Waals surface area contributed by atoms with Crippen LogP contribution in [0.2, 0.25) is 0 Å². The lowest BCUT2D eigenvalue weighted by atomic mass is 10.2. The summed E-state index contributed by atoms with van der Waals surface area (Å²) in [6, 6.07) is -0.201. The Morgan fingerprint density at radius 3 is 3.19 bits per heavy atom. The molecule has 86 valence electrons. The van der Waals surface area contributed by atoms with Crippen molar-refractivity contribution in [3.63, 3.8) is 0 Å². The Hall–Kier alpha value is -0.920. The summed E-state index contributed by atoms with van der Waals surface area (Å²) in [6.45, 7) is 0.840. The molecule has 16 heavy (non-hydrogen) atoms. The Labute approximate surface area is 107 Å². The Balaban J connectivity index is 2.27. The van der Waals surface area contributed by atoms with Gasteiger partial charge in [-0.05, 0) is 35.4 Å². The number of rotatable bonds is 2. The van der Waals surface area contributed by atoms with Gasteiger partial charge in [-0.15, -0.1) is 0 Å². The molecule has 0 spiro atoms. The summed E-state index contributed by atoms with van der Waals surface area (Å²) in [5.41, 5.74) is 0. The molecule has 1 aromatic heterocycles. The van der Waals surface area contributed by atoms with Gasteiger partial charge in [-0.1, -0.05) is 0 Å². The van der Waals surface area contributed by atoms with Crippen LogP contribution in [0.1, 0.15) is 12.8 Å². The van der Waals surface area contributed by atoms with Crippen molar-refractivity contribution in [1.29, 1.82) is 0 Å². The molecule has 1 aromatic rings. The van der Waals surface area contributed by atoms with Gasteiger partial charge in [0.15, 0.2) is 0 Å². The normalized spacial score (nSPS) is 19.9. The summed E-state index contributed by atoms with van der Waals surface area (Å²) >= 11 is 2.18. The number of carbonyl (C=O) groups excluding carboxylic acids is 1. The quantitative estimate of drug-likeness (QED) is 0.602. The number of methoxy groups -OCH3 is 1. The Bertz CT molecular complexity index is 399. The van der Waals surface area contributed by atoms with Crippen LogP contribution in [0.5, 0.6) is 0 Å². The Kier molecular flexibility index (Phi) is 3.57. The maximum atomic E-state index is 11.6. The predicted octanol–water partition coefficient (Wildman–Crippen LogP) is 1.22. The van der Waals surface area contributed by atoms with E-state index in [2.05, 4.69) is 32.6 Å². The van der Waals surface area contributed by atoms with Crippen LogP contribution in [0.25, 0.3) is 0 Å². The highest BCUT2D eigenvalue weighted by molar-refractivity contribution is 14.1. The maximum Gasteiger partial charge on any atom is 0.328 e. The number of halogens is 1. The summed E-state index contributed by atoms with van der Waals surface area (Å²) in [6.07, 6.45) is 5.06. The van der Waals surface area contributed by atoms with Crippen LogP contribution in [0.4, 0.5) is 5.82 Å². The Morgan fingerprint density at radius 2 is 2.50 bits per heavy atom. The first-order valence-corrected chi connectivity index (χ1v) is 6.12. The predicted molar refractivity (Wildman–Crippen MR) is 67.1 cm³/mol. The zero-order valence-corrected chi connectivity index (χ0v) is 11.0. The lowest BCUT2D eigenvalue weighted by molar-refractivity contribution is -0.141. The minimum absolute atomic E-state index is 0.188. The van der Waals surface area contributed by atoms with E-state index in [0.29, 0.717) is 0 Å². The van der Waals surface area contributed by atoms with E-state index in [0.717, 1.165) is 28.8 Å². The van der Waals surface area contributed by atoms with Crippen molar-refractivity contribution in [2.75, 3.05) is 18.6 Å². The standard InChI is InChI=1S/C10H12IN3O2/c1-16-10(15)8-3-2-4-14(8)9-7(11)5-12-6-13-9/h5-6,8H,2-4H2,1H3. The van der Waals surface area contributed by atoms with Crippen molar-refractivity contribution >= 4 is 34.4 Å². The average Bonchev–Trinajstić information content (AvgIpc) is 2.77. The first-order chi connectivity index (χ1) is 7.74. The Morgan fingerprint density at radius 1 is 1.69 bits per heavy atom. The lowest BCUT2D eigenvalue weighted by Gasteiger charge is -2.24. The van der Waals surface area contributed by atoms with Crippen molar-refractivity contribution in [3.05, 3.63) is 16.1 Å². The number of carbonyl (C=O) groups is 1. The molecule has 5 nitrogen and oxygen atoms in total. The molecule has 1 aliphatic heterocycles. The summed E-state index contributed by atoms with van der Waals surface area (Å²) < 4.78 is 5.75. The highest BCUT2D eigenvalue weighted by Gasteiger charge is 2.33. The van der Waals surface area contributed by atoms with E-state index >= 15 is 0 Å². The van der Waals surface area contributed by atoms with Gasteiger partial charge in [-0.25, -0.2) is 14.8 Å². The molecule has 2 rings (SSSR count). The summed E-state index contributed by atoms with van der Waals surface area (Å²) in [4.78, 5) is 21.8. The van der Waals surface area contributed by atoms with E-state index in [1.165, 1.54) is 13.4 Å². The molecule has 0 bridgehead atoms. The van der Waals surface area contributed by atoms with E-state index in [9.17, 15) is 4.79 Å². The molecule has 1 fully saturated rings. The van der Waals surface area contributed by atoms with E-state index in [-0.39, 0.29) is 12.0 Å². The minimum Gasteiger partial charge on any atom is -0.467 e. The number of esters is 1. The molecule has 1 aliphatic rings. The second-order valence-corrected chi connectivity index (χ2v) is 4.73. The van der Waals surface area contributed by atoms with E-state index in [1.807, 2.05) is 4.90 Å². The molecule has 0 saturated carbocycles. The molecule has 1 saturated heterocycles. The monoisotopic (exact) mass is 333 g/mol. The van der Waals surface area contributed by atoms with Crippen molar-refractivity contribution in [2.45, 2.75) is 18.9 Å². The number of aromatic nitrogens is 2. The molecule has 0 radical (unpaired) electrons. The fraction of sp³-hybridized carbons (Fsp3) is 0.500. The number of ether oxygens (including phenoxy) is 1. The summed E-state index contributed by atoms with van der Waals surface area (Å²) in [7, 11) is 1.42. The van der Waals surface area contributed by atoms with Gasteiger partial charge in [0.1, 0.15) is 18.2 Å². The van der Waals surface area contributed by atoms with Crippen molar-refractivity contribution in [3.8, 4) is 0 Å². The van der Waals surface area contributed by atoms with Crippen molar-refractivity contribution in [2.24, 2.45) is 0 Å². The first-order valence-electron chi connectivity index (χ1n) is 5.04. The van der Waals surface area contributed by atoms with Gasteiger partial charge >= 0.3 is 5.97 Å². The molecule has 2 heterocycles. The van der Waals surface area contributed by atoms with Gasteiger partial charge in [0.2, 0.25) is 0 Å². The van der Waals surface area contributed by atoms with Crippen LogP contribution < -0.4 is 4.90 Å². The highest BCUT2D eigenvalue weighted by Crippen LogP contribution is 2.27. The second-order valence-electron chi connectivity index (χ2n) is 3.57. The van der Waals surface area contributed by atoms with Crippen LogP contribution in [0, 0.1) is 3.57 Å². The molecular weight excluding hydrogens is 321 g/mol. The van der Waals surface area contributed by atoms with Crippen LogP contribution in [0.15, 0.2) is 12.5 Å². The van der Waals surface area contributed by atoms with Crippen LogP contribution in [0.3, 0.4) is 0 Å². The number of nitrogens with zero attached hydrogens (tertiary/aromatic N) is 3. The number of anilines is 1. The lowest BCUT2D eigenvalue weighted by Crippen LogP contribution is -2.37. The second kappa shape index (κ2) is 4.94. The minimum atomic E-state index is -0.201. The number of hydrogen-bond donors (Lipinski definition) is 0. The molecule has 0 N–H and O–H groups in total.